The van der Waals surface area contributed by atoms with Crippen LogP contribution in [-0.4, -0.2) is 12.0 Å². The molecular formula is C22H29NO2. The monoisotopic (exact) mass is 339 g/mol. The zero-order chi connectivity index (χ0) is 18.2. The number of nitrogens with one attached hydrogen (secondary N) is 1. The van der Waals surface area contributed by atoms with E-state index in [4.69, 9.17) is 4.74 Å². The lowest BCUT2D eigenvalue weighted by Gasteiger charge is -2.18. The first-order valence-electron chi connectivity index (χ1n) is 9.26. The Kier molecular flexibility index (Phi) is 7.05. The van der Waals surface area contributed by atoms with Crippen LogP contribution < -0.4 is 10.1 Å². The highest BCUT2D eigenvalue weighted by molar-refractivity contribution is 5.95. The molecule has 3 nitrogen and oxygen atoms in total. The predicted molar refractivity (Wildman–Crippen MR) is 104 cm³/mol. The van der Waals surface area contributed by atoms with Crippen LogP contribution in [0.25, 0.3) is 0 Å². The number of para-hydroxylation sites is 1. The lowest BCUT2D eigenvalue weighted by Crippen LogP contribution is -2.30. The summed E-state index contributed by atoms with van der Waals surface area (Å²) in [5.41, 5.74) is 4.54. The van der Waals surface area contributed by atoms with Crippen LogP contribution in [0.2, 0.25) is 0 Å². The number of hydrogen-bond acceptors (Lipinski definition) is 2. The number of aryl methyl sites for hydroxylation is 3. The van der Waals surface area contributed by atoms with Crippen molar-refractivity contribution >= 4 is 11.6 Å². The van der Waals surface area contributed by atoms with Gasteiger partial charge in [0.1, 0.15) is 5.75 Å². The van der Waals surface area contributed by atoms with Crippen LogP contribution in [0.4, 0.5) is 5.69 Å². The van der Waals surface area contributed by atoms with Crippen molar-refractivity contribution in [2.75, 3.05) is 5.32 Å². The molecule has 0 aliphatic heterocycles. The van der Waals surface area contributed by atoms with Gasteiger partial charge in [0, 0.05) is 5.69 Å². The fourth-order valence-electron chi connectivity index (χ4n) is 2.91. The number of benzene rings is 2. The molecule has 2 aromatic rings. The van der Waals surface area contributed by atoms with Crippen LogP contribution in [0.5, 0.6) is 5.75 Å². The first-order chi connectivity index (χ1) is 12.1. The summed E-state index contributed by atoms with van der Waals surface area (Å²) < 4.78 is 5.82. The summed E-state index contributed by atoms with van der Waals surface area (Å²) in [6.07, 6.45) is 3.40. The molecule has 0 aliphatic carbocycles. The number of hydrogen-bond donors (Lipinski definition) is 1. The molecule has 0 heterocycles. The SMILES string of the molecule is CCCc1ccc(OC(C)C(=O)Nc2c(CC)cccc2CC)cc1. The Balaban J connectivity index is 2.05. The van der Waals surface area contributed by atoms with Gasteiger partial charge in [-0.2, -0.15) is 0 Å². The van der Waals surface area contributed by atoms with Crippen molar-refractivity contribution in [1.29, 1.82) is 0 Å². The maximum atomic E-state index is 12.6. The van der Waals surface area contributed by atoms with Gasteiger partial charge in [-0.15, -0.1) is 0 Å². The third kappa shape index (κ3) is 5.09. The van der Waals surface area contributed by atoms with Crippen molar-refractivity contribution < 1.29 is 9.53 Å². The van der Waals surface area contributed by atoms with Crippen LogP contribution in [0.15, 0.2) is 42.5 Å². The van der Waals surface area contributed by atoms with Crippen LogP contribution in [-0.2, 0) is 24.1 Å². The zero-order valence-corrected chi connectivity index (χ0v) is 15.8. The summed E-state index contributed by atoms with van der Waals surface area (Å²) in [5.74, 6) is 0.607. The van der Waals surface area contributed by atoms with Gasteiger partial charge in [0.15, 0.2) is 6.10 Å². The van der Waals surface area contributed by atoms with Crippen molar-refractivity contribution in [1.82, 2.24) is 0 Å². The van der Waals surface area contributed by atoms with Crippen molar-refractivity contribution in [2.24, 2.45) is 0 Å². The smallest absolute Gasteiger partial charge is 0.265 e. The van der Waals surface area contributed by atoms with Crippen molar-refractivity contribution in [3.63, 3.8) is 0 Å². The number of amides is 1. The number of anilines is 1. The number of rotatable bonds is 8. The number of carbonyl (C=O) groups is 1. The summed E-state index contributed by atoms with van der Waals surface area (Å²) in [6, 6.07) is 14.2. The Morgan fingerprint density at radius 2 is 1.60 bits per heavy atom. The van der Waals surface area contributed by atoms with Crippen LogP contribution in [0.1, 0.15) is 50.8 Å². The van der Waals surface area contributed by atoms with Crippen molar-refractivity contribution in [2.45, 2.75) is 59.5 Å². The summed E-state index contributed by atoms with van der Waals surface area (Å²) in [6.45, 7) is 8.15. The molecule has 0 bridgehead atoms. The minimum atomic E-state index is -0.549. The molecule has 1 atom stereocenters. The van der Waals surface area contributed by atoms with E-state index in [1.165, 1.54) is 5.56 Å². The average Bonchev–Trinajstić information content (AvgIpc) is 2.63. The van der Waals surface area contributed by atoms with Gasteiger partial charge in [-0.25, -0.2) is 0 Å². The minimum absolute atomic E-state index is 0.117. The molecule has 0 aliphatic rings. The molecule has 0 saturated carbocycles. The normalized spacial score (nSPS) is 11.8. The summed E-state index contributed by atoms with van der Waals surface area (Å²) in [4.78, 5) is 12.6. The topological polar surface area (TPSA) is 38.3 Å². The maximum absolute atomic E-state index is 12.6. The highest BCUT2D eigenvalue weighted by Crippen LogP contribution is 2.23. The van der Waals surface area contributed by atoms with Crippen LogP contribution >= 0.6 is 0 Å². The van der Waals surface area contributed by atoms with Crippen LogP contribution in [0.3, 0.4) is 0 Å². The Morgan fingerprint density at radius 1 is 1.00 bits per heavy atom. The Labute approximate surface area is 151 Å². The second kappa shape index (κ2) is 9.26. The fraction of sp³-hybridized carbons (Fsp3) is 0.409. The number of ether oxygens (including phenoxy) is 1. The molecule has 0 fully saturated rings. The zero-order valence-electron chi connectivity index (χ0n) is 15.8. The standard InChI is InChI=1S/C22H29NO2/c1-5-9-17-12-14-20(15-13-17)25-16(4)22(24)23-21-18(6-2)10-8-11-19(21)7-3/h8,10-16H,5-7,9H2,1-4H3,(H,23,24). The van der Waals surface area contributed by atoms with Gasteiger partial charge in [-0.3, -0.25) is 4.79 Å². The summed E-state index contributed by atoms with van der Waals surface area (Å²) >= 11 is 0. The highest BCUT2D eigenvalue weighted by atomic mass is 16.5. The van der Waals surface area contributed by atoms with Crippen molar-refractivity contribution in [3.05, 3.63) is 59.2 Å². The quantitative estimate of drug-likeness (QED) is 0.720. The van der Waals surface area contributed by atoms with E-state index in [-0.39, 0.29) is 5.91 Å². The first-order valence-corrected chi connectivity index (χ1v) is 9.26. The molecule has 3 heteroatoms. The van der Waals surface area contributed by atoms with Gasteiger partial charge in [-0.05, 0) is 55.0 Å². The molecule has 2 rings (SSSR count). The lowest BCUT2D eigenvalue weighted by atomic mass is 10.0. The lowest BCUT2D eigenvalue weighted by molar-refractivity contribution is -0.122. The summed E-state index contributed by atoms with van der Waals surface area (Å²) in [5, 5.41) is 3.07. The van der Waals surface area contributed by atoms with Gasteiger partial charge in [-0.1, -0.05) is 57.5 Å². The predicted octanol–water partition coefficient (Wildman–Crippen LogP) is 5.17. The molecule has 0 saturated heterocycles. The molecule has 134 valence electrons. The summed E-state index contributed by atoms with van der Waals surface area (Å²) in [7, 11) is 0. The van der Waals surface area contributed by atoms with E-state index in [1.807, 2.05) is 18.2 Å². The molecule has 1 N–H and O–H groups in total. The van der Waals surface area contributed by atoms with E-state index in [0.717, 1.165) is 48.2 Å². The van der Waals surface area contributed by atoms with E-state index in [0.29, 0.717) is 0 Å². The molecule has 2 aromatic carbocycles. The fourth-order valence-corrected chi connectivity index (χ4v) is 2.91. The van der Waals surface area contributed by atoms with E-state index < -0.39 is 6.10 Å². The van der Waals surface area contributed by atoms with Gasteiger partial charge < -0.3 is 10.1 Å². The second-order valence-electron chi connectivity index (χ2n) is 6.30. The van der Waals surface area contributed by atoms with E-state index >= 15 is 0 Å². The molecule has 0 aromatic heterocycles. The van der Waals surface area contributed by atoms with Gasteiger partial charge in [0.25, 0.3) is 5.91 Å². The van der Waals surface area contributed by atoms with Gasteiger partial charge >= 0.3 is 0 Å². The largest absolute Gasteiger partial charge is 0.481 e. The van der Waals surface area contributed by atoms with Gasteiger partial charge in [0.05, 0.1) is 0 Å². The van der Waals surface area contributed by atoms with Crippen LogP contribution in [0, 0.1) is 0 Å². The third-order valence-corrected chi connectivity index (χ3v) is 4.39. The Hall–Kier alpha value is -2.29. The molecule has 0 radical (unpaired) electrons. The van der Waals surface area contributed by atoms with Gasteiger partial charge in [0.2, 0.25) is 0 Å². The number of carbonyl (C=O) groups excluding carboxylic acids is 1. The molecule has 1 unspecified atom stereocenters. The average molecular weight is 339 g/mol. The second-order valence-corrected chi connectivity index (χ2v) is 6.30. The van der Waals surface area contributed by atoms with E-state index in [9.17, 15) is 4.79 Å². The maximum Gasteiger partial charge on any atom is 0.265 e. The Bertz CT molecular complexity index is 669. The molecule has 1 amide bonds. The molecule has 25 heavy (non-hydrogen) atoms. The van der Waals surface area contributed by atoms with Crippen molar-refractivity contribution in [3.8, 4) is 5.75 Å². The first kappa shape index (κ1) is 19.0. The highest BCUT2D eigenvalue weighted by Gasteiger charge is 2.17. The molecular weight excluding hydrogens is 310 g/mol. The Morgan fingerprint density at radius 3 is 2.12 bits per heavy atom. The third-order valence-electron chi connectivity index (χ3n) is 4.39. The van der Waals surface area contributed by atoms with E-state index in [2.05, 4.69) is 50.4 Å². The molecule has 0 spiro atoms. The minimum Gasteiger partial charge on any atom is -0.481 e. The van der Waals surface area contributed by atoms with E-state index in [1.54, 1.807) is 6.92 Å².